The Balaban J connectivity index is 1.71. The second-order valence-corrected chi connectivity index (χ2v) is 6.32. The standard InChI is InChI=1S/C17H14Cl2N2O2/c18-11-5-7-12(8-6-11)20-15(22)17(9-10-17)16(23)21-14-4-2-1-3-13(14)19/h1-8H,9-10H2,(H,20,22)(H,21,23). The topological polar surface area (TPSA) is 58.2 Å². The molecule has 0 atom stereocenters. The maximum absolute atomic E-state index is 12.5. The van der Waals surface area contributed by atoms with Gasteiger partial charge in [0.15, 0.2) is 0 Å². The summed E-state index contributed by atoms with van der Waals surface area (Å²) in [7, 11) is 0. The molecule has 0 radical (unpaired) electrons. The van der Waals surface area contributed by atoms with Gasteiger partial charge in [-0.25, -0.2) is 0 Å². The van der Waals surface area contributed by atoms with Crippen molar-refractivity contribution in [3.63, 3.8) is 0 Å². The molecule has 0 aliphatic heterocycles. The van der Waals surface area contributed by atoms with E-state index in [9.17, 15) is 9.59 Å². The van der Waals surface area contributed by atoms with Crippen molar-refractivity contribution in [2.24, 2.45) is 5.41 Å². The highest BCUT2D eigenvalue weighted by Gasteiger charge is 2.56. The van der Waals surface area contributed by atoms with Gasteiger partial charge in [-0.1, -0.05) is 35.3 Å². The molecule has 118 valence electrons. The van der Waals surface area contributed by atoms with Crippen LogP contribution in [0.4, 0.5) is 11.4 Å². The van der Waals surface area contributed by atoms with Gasteiger partial charge in [0.05, 0.1) is 10.7 Å². The number of rotatable bonds is 4. The lowest BCUT2D eigenvalue weighted by Gasteiger charge is -2.16. The lowest BCUT2D eigenvalue weighted by molar-refractivity contribution is -0.131. The van der Waals surface area contributed by atoms with E-state index in [1.807, 2.05) is 0 Å². The summed E-state index contributed by atoms with van der Waals surface area (Å²) in [4.78, 5) is 24.9. The second-order valence-electron chi connectivity index (χ2n) is 5.48. The van der Waals surface area contributed by atoms with Crippen molar-refractivity contribution in [3.05, 3.63) is 58.6 Å². The molecule has 1 saturated carbocycles. The molecular weight excluding hydrogens is 335 g/mol. The Labute approximate surface area is 143 Å². The number of para-hydroxylation sites is 1. The molecule has 3 rings (SSSR count). The van der Waals surface area contributed by atoms with E-state index in [0.29, 0.717) is 34.3 Å². The molecule has 2 amide bonds. The van der Waals surface area contributed by atoms with Crippen molar-refractivity contribution < 1.29 is 9.59 Å². The molecule has 2 aromatic carbocycles. The normalized spacial score (nSPS) is 14.9. The smallest absolute Gasteiger partial charge is 0.240 e. The predicted molar refractivity (Wildman–Crippen MR) is 91.8 cm³/mol. The maximum atomic E-state index is 12.5. The van der Waals surface area contributed by atoms with Crippen LogP contribution in [0.1, 0.15) is 12.8 Å². The summed E-state index contributed by atoms with van der Waals surface area (Å²) in [5.74, 6) is -0.651. The lowest BCUT2D eigenvalue weighted by Crippen LogP contribution is -2.35. The van der Waals surface area contributed by atoms with E-state index < -0.39 is 5.41 Å². The van der Waals surface area contributed by atoms with Gasteiger partial charge in [0.25, 0.3) is 0 Å². The van der Waals surface area contributed by atoms with Crippen LogP contribution in [0.25, 0.3) is 0 Å². The Morgan fingerprint density at radius 2 is 1.48 bits per heavy atom. The van der Waals surface area contributed by atoms with E-state index in [1.54, 1.807) is 48.5 Å². The van der Waals surface area contributed by atoms with Gasteiger partial charge in [0, 0.05) is 10.7 Å². The molecule has 0 bridgehead atoms. The second kappa shape index (κ2) is 6.22. The first-order valence-electron chi connectivity index (χ1n) is 7.14. The van der Waals surface area contributed by atoms with Crippen LogP contribution in [0.3, 0.4) is 0 Å². The number of carbonyl (C=O) groups is 2. The highest BCUT2D eigenvalue weighted by Crippen LogP contribution is 2.47. The minimum absolute atomic E-state index is 0.315. The predicted octanol–water partition coefficient (Wildman–Crippen LogP) is 4.35. The molecule has 23 heavy (non-hydrogen) atoms. The van der Waals surface area contributed by atoms with Crippen molar-refractivity contribution in [1.82, 2.24) is 0 Å². The summed E-state index contributed by atoms with van der Waals surface area (Å²) >= 11 is 11.9. The third-order valence-corrected chi connectivity index (χ3v) is 4.43. The quantitative estimate of drug-likeness (QED) is 0.807. The molecule has 6 heteroatoms. The molecular formula is C17H14Cl2N2O2. The SMILES string of the molecule is O=C(Nc1ccc(Cl)cc1)C1(C(=O)Nc2ccccc2Cl)CC1. The summed E-state index contributed by atoms with van der Waals surface area (Å²) in [6.45, 7) is 0. The van der Waals surface area contributed by atoms with Crippen molar-refractivity contribution in [1.29, 1.82) is 0 Å². The van der Waals surface area contributed by atoms with Gasteiger partial charge in [-0.05, 0) is 49.2 Å². The number of hydrogen-bond acceptors (Lipinski definition) is 2. The number of hydrogen-bond donors (Lipinski definition) is 2. The Morgan fingerprint density at radius 1 is 0.870 bits per heavy atom. The van der Waals surface area contributed by atoms with E-state index in [1.165, 1.54) is 0 Å². The zero-order chi connectivity index (χ0) is 16.4. The van der Waals surface area contributed by atoms with Crippen LogP contribution >= 0.6 is 23.2 Å². The third-order valence-electron chi connectivity index (χ3n) is 3.84. The van der Waals surface area contributed by atoms with Crippen LogP contribution in [0.2, 0.25) is 10.0 Å². The van der Waals surface area contributed by atoms with Crippen LogP contribution in [0.5, 0.6) is 0 Å². The first-order chi connectivity index (χ1) is 11.0. The van der Waals surface area contributed by atoms with E-state index in [4.69, 9.17) is 23.2 Å². The van der Waals surface area contributed by atoms with Crippen LogP contribution in [-0.2, 0) is 9.59 Å². The molecule has 4 nitrogen and oxygen atoms in total. The van der Waals surface area contributed by atoms with E-state index in [-0.39, 0.29) is 11.8 Å². The molecule has 1 aliphatic rings. The van der Waals surface area contributed by atoms with Crippen molar-refractivity contribution in [2.75, 3.05) is 10.6 Å². The van der Waals surface area contributed by atoms with Gasteiger partial charge in [0.2, 0.25) is 11.8 Å². The first kappa shape index (κ1) is 15.8. The summed E-state index contributed by atoms with van der Waals surface area (Å²) in [6.07, 6.45) is 1.03. The van der Waals surface area contributed by atoms with Crippen LogP contribution in [-0.4, -0.2) is 11.8 Å². The Morgan fingerprint density at radius 3 is 2.09 bits per heavy atom. The Hall–Kier alpha value is -2.04. The number of amides is 2. The molecule has 0 spiro atoms. The van der Waals surface area contributed by atoms with Crippen molar-refractivity contribution in [2.45, 2.75) is 12.8 Å². The fraction of sp³-hybridized carbons (Fsp3) is 0.176. The monoisotopic (exact) mass is 348 g/mol. The highest BCUT2D eigenvalue weighted by molar-refractivity contribution is 6.34. The molecule has 0 saturated heterocycles. The van der Waals surface area contributed by atoms with Crippen molar-refractivity contribution >= 4 is 46.4 Å². The molecule has 0 unspecified atom stereocenters. The van der Waals surface area contributed by atoms with Gasteiger partial charge >= 0.3 is 0 Å². The lowest BCUT2D eigenvalue weighted by atomic mass is 10.0. The van der Waals surface area contributed by atoms with Gasteiger partial charge in [-0.3, -0.25) is 9.59 Å². The van der Waals surface area contributed by atoms with E-state index in [2.05, 4.69) is 10.6 Å². The minimum Gasteiger partial charge on any atom is -0.325 e. The molecule has 0 heterocycles. The molecule has 2 aromatic rings. The number of nitrogens with one attached hydrogen (secondary N) is 2. The van der Waals surface area contributed by atoms with Crippen molar-refractivity contribution in [3.8, 4) is 0 Å². The summed E-state index contributed by atoms with van der Waals surface area (Å²) < 4.78 is 0. The Bertz CT molecular complexity index is 755. The van der Waals surface area contributed by atoms with E-state index >= 15 is 0 Å². The fourth-order valence-corrected chi connectivity index (χ4v) is 2.58. The zero-order valence-electron chi connectivity index (χ0n) is 12.1. The van der Waals surface area contributed by atoms with Gasteiger partial charge < -0.3 is 10.6 Å². The highest BCUT2D eigenvalue weighted by atomic mass is 35.5. The minimum atomic E-state index is -1.03. The first-order valence-corrected chi connectivity index (χ1v) is 7.90. The molecule has 0 aromatic heterocycles. The average Bonchev–Trinajstić information content (AvgIpc) is 3.34. The molecule has 2 N–H and O–H groups in total. The zero-order valence-corrected chi connectivity index (χ0v) is 13.6. The number of benzene rings is 2. The van der Waals surface area contributed by atoms with Crippen LogP contribution < -0.4 is 10.6 Å². The number of carbonyl (C=O) groups excluding carboxylic acids is 2. The summed E-state index contributed by atoms with van der Waals surface area (Å²) in [5.41, 5.74) is 0.0830. The molecule has 1 aliphatic carbocycles. The van der Waals surface area contributed by atoms with Gasteiger partial charge in [0.1, 0.15) is 5.41 Å². The van der Waals surface area contributed by atoms with E-state index in [0.717, 1.165) is 0 Å². The number of anilines is 2. The van der Waals surface area contributed by atoms with Crippen LogP contribution in [0, 0.1) is 5.41 Å². The fourth-order valence-electron chi connectivity index (χ4n) is 2.27. The molecule has 1 fully saturated rings. The Kier molecular flexibility index (Phi) is 4.28. The van der Waals surface area contributed by atoms with Gasteiger partial charge in [-0.2, -0.15) is 0 Å². The summed E-state index contributed by atoms with van der Waals surface area (Å²) in [5, 5.41) is 6.52. The van der Waals surface area contributed by atoms with Gasteiger partial charge in [-0.15, -0.1) is 0 Å². The number of halogens is 2. The summed E-state index contributed by atoms with van der Waals surface area (Å²) in [6, 6.07) is 13.7. The maximum Gasteiger partial charge on any atom is 0.240 e. The third kappa shape index (κ3) is 3.33. The largest absolute Gasteiger partial charge is 0.325 e. The van der Waals surface area contributed by atoms with Crippen LogP contribution in [0.15, 0.2) is 48.5 Å². The average molecular weight is 349 g/mol.